The van der Waals surface area contributed by atoms with Gasteiger partial charge in [0.05, 0.1) is 0 Å². The van der Waals surface area contributed by atoms with Crippen molar-refractivity contribution in [2.75, 3.05) is 5.73 Å². The van der Waals surface area contributed by atoms with Crippen LogP contribution < -0.4 is 11.1 Å². The van der Waals surface area contributed by atoms with Crippen molar-refractivity contribution in [3.05, 3.63) is 45.5 Å². The smallest absolute Gasteiger partial charge is 0.375 e. The van der Waals surface area contributed by atoms with Crippen LogP contribution in [0.5, 0.6) is 0 Å². The van der Waals surface area contributed by atoms with Gasteiger partial charge in [-0.05, 0) is 6.07 Å². The van der Waals surface area contributed by atoms with Crippen molar-refractivity contribution in [1.29, 1.82) is 0 Å². The number of benzene rings is 1. The molecule has 0 spiro atoms. The number of alkyl halides is 3. The molecular formula is C12H6F7N3OS. The Balaban J connectivity index is 2.24. The lowest BCUT2D eigenvalue weighted by molar-refractivity contribution is -0.141. The summed E-state index contributed by atoms with van der Waals surface area (Å²) in [6.45, 7) is -0.881. The molecule has 1 aromatic heterocycles. The normalized spacial score (nSPS) is 11.6. The number of nitrogens with one attached hydrogen (secondary N) is 1. The highest BCUT2D eigenvalue weighted by molar-refractivity contribution is 7.17. The van der Waals surface area contributed by atoms with Gasteiger partial charge in [0.2, 0.25) is 0 Å². The molecule has 0 saturated carbocycles. The molecule has 0 aliphatic carbocycles. The molecular weight excluding hydrogens is 367 g/mol. The van der Waals surface area contributed by atoms with E-state index in [1.165, 1.54) is 0 Å². The van der Waals surface area contributed by atoms with E-state index in [4.69, 9.17) is 5.73 Å². The van der Waals surface area contributed by atoms with Crippen LogP contribution >= 0.6 is 11.3 Å². The van der Waals surface area contributed by atoms with Crippen LogP contribution in [0.4, 0.5) is 35.9 Å². The summed E-state index contributed by atoms with van der Waals surface area (Å²) in [6.07, 6.45) is -4.96. The van der Waals surface area contributed by atoms with E-state index in [9.17, 15) is 35.5 Å². The summed E-state index contributed by atoms with van der Waals surface area (Å²) in [5.74, 6) is -8.96. The number of nitrogens with two attached hydrogens (primary N) is 1. The Kier molecular flexibility index (Phi) is 4.69. The zero-order valence-electron chi connectivity index (χ0n) is 11.3. The zero-order chi connectivity index (χ0) is 18.2. The standard InChI is InChI=1S/C12H6F7N3OS/c13-4-1-3(5(14)7(16)6(4)15)2-21-10(23)8-9(12(17,18)19)22-11(20)24-8/h1H,2H2,(H2,20,22)(H,21,23). The summed E-state index contributed by atoms with van der Waals surface area (Å²) in [4.78, 5) is 13.8. The molecule has 0 radical (unpaired) electrons. The van der Waals surface area contributed by atoms with Crippen LogP contribution in [0.15, 0.2) is 6.07 Å². The zero-order valence-corrected chi connectivity index (χ0v) is 12.1. The fourth-order valence-corrected chi connectivity index (χ4v) is 2.46. The molecule has 0 atom stereocenters. The highest BCUT2D eigenvalue weighted by atomic mass is 32.1. The summed E-state index contributed by atoms with van der Waals surface area (Å²) in [6, 6.07) is 0.278. The first-order valence-electron chi connectivity index (χ1n) is 5.96. The number of carbonyl (C=O) groups excluding carboxylic acids is 1. The summed E-state index contributed by atoms with van der Waals surface area (Å²) in [5, 5.41) is 1.31. The van der Waals surface area contributed by atoms with E-state index >= 15 is 0 Å². The molecule has 0 unspecified atom stereocenters. The predicted octanol–water partition coefficient (Wildman–Crippen LogP) is 3.23. The van der Waals surface area contributed by atoms with E-state index in [1.807, 2.05) is 5.32 Å². The molecule has 1 aromatic carbocycles. The van der Waals surface area contributed by atoms with Crippen LogP contribution in [0.2, 0.25) is 0 Å². The Morgan fingerprint density at radius 2 is 1.79 bits per heavy atom. The number of nitrogens with zero attached hydrogens (tertiary/aromatic N) is 1. The van der Waals surface area contributed by atoms with Gasteiger partial charge in [-0.2, -0.15) is 13.2 Å². The van der Waals surface area contributed by atoms with E-state index in [1.54, 1.807) is 0 Å². The van der Waals surface area contributed by atoms with Crippen LogP contribution in [0, 0.1) is 23.3 Å². The summed E-state index contributed by atoms with van der Waals surface area (Å²) < 4.78 is 90.4. The Labute approximate surface area is 133 Å². The number of hydrogen-bond acceptors (Lipinski definition) is 4. The number of hydrogen-bond donors (Lipinski definition) is 2. The molecule has 1 amide bonds. The van der Waals surface area contributed by atoms with Crippen molar-refractivity contribution in [3.8, 4) is 0 Å². The summed E-state index contributed by atoms with van der Waals surface area (Å²) in [7, 11) is 0. The maximum atomic E-state index is 13.4. The largest absolute Gasteiger partial charge is 0.435 e. The predicted molar refractivity (Wildman–Crippen MR) is 69.0 cm³/mol. The molecule has 2 rings (SSSR count). The van der Waals surface area contributed by atoms with Crippen molar-refractivity contribution < 1.29 is 35.5 Å². The quantitative estimate of drug-likeness (QED) is 0.493. The molecule has 3 N–H and O–H groups in total. The van der Waals surface area contributed by atoms with Crippen LogP contribution in [0.1, 0.15) is 20.9 Å². The van der Waals surface area contributed by atoms with Gasteiger partial charge in [0, 0.05) is 12.1 Å². The van der Waals surface area contributed by atoms with E-state index in [-0.39, 0.29) is 17.4 Å². The Hall–Kier alpha value is -2.37. The number of thiazole rings is 1. The van der Waals surface area contributed by atoms with Gasteiger partial charge < -0.3 is 11.1 Å². The molecule has 1 heterocycles. The minimum Gasteiger partial charge on any atom is -0.375 e. The first kappa shape index (κ1) is 18.0. The second kappa shape index (κ2) is 6.26. The van der Waals surface area contributed by atoms with E-state index in [0.717, 1.165) is 0 Å². The first-order chi connectivity index (χ1) is 11.0. The minimum absolute atomic E-state index is 0.230. The maximum absolute atomic E-state index is 13.4. The average Bonchev–Trinajstić information content (AvgIpc) is 2.89. The summed E-state index contributed by atoms with van der Waals surface area (Å²) in [5.41, 5.74) is 2.80. The maximum Gasteiger partial charge on any atom is 0.435 e. The second-order valence-electron chi connectivity index (χ2n) is 4.37. The van der Waals surface area contributed by atoms with Gasteiger partial charge in [0.1, 0.15) is 4.88 Å². The molecule has 130 valence electrons. The first-order valence-corrected chi connectivity index (χ1v) is 6.77. The number of carbonyl (C=O) groups is 1. The third-order valence-corrected chi connectivity index (χ3v) is 3.62. The van der Waals surface area contributed by atoms with Crippen LogP contribution in [0.3, 0.4) is 0 Å². The van der Waals surface area contributed by atoms with Crippen LogP contribution in [-0.4, -0.2) is 10.9 Å². The lowest BCUT2D eigenvalue weighted by Gasteiger charge is -2.09. The molecule has 4 nitrogen and oxygen atoms in total. The molecule has 0 aliphatic heterocycles. The number of anilines is 1. The highest BCUT2D eigenvalue weighted by Gasteiger charge is 2.39. The SMILES string of the molecule is Nc1nc(C(F)(F)F)c(C(=O)NCc2cc(F)c(F)c(F)c2F)s1. The molecule has 2 aromatic rings. The summed E-state index contributed by atoms with van der Waals surface area (Å²) >= 11 is 0.230. The molecule has 0 fully saturated rings. The number of halogens is 7. The fraction of sp³-hybridized carbons (Fsp3) is 0.167. The van der Waals surface area contributed by atoms with Crippen molar-refractivity contribution in [3.63, 3.8) is 0 Å². The van der Waals surface area contributed by atoms with Gasteiger partial charge in [-0.15, -0.1) is 0 Å². The Morgan fingerprint density at radius 1 is 1.17 bits per heavy atom. The number of aromatic nitrogens is 1. The topological polar surface area (TPSA) is 68.0 Å². The number of rotatable bonds is 3. The van der Waals surface area contributed by atoms with Crippen LogP contribution in [0.25, 0.3) is 0 Å². The fourth-order valence-electron chi connectivity index (χ4n) is 1.69. The number of amides is 1. The minimum atomic E-state index is -4.96. The van der Waals surface area contributed by atoms with E-state index in [2.05, 4.69) is 4.98 Å². The van der Waals surface area contributed by atoms with Gasteiger partial charge >= 0.3 is 6.18 Å². The van der Waals surface area contributed by atoms with E-state index < -0.39 is 63.2 Å². The van der Waals surface area contributed by atoms with Crippen molar-refractivity contribution in [1.82, 2.24) is 10.3 Å². The van der Waals surface area contributed by atoms with Gasteiger partial charge in [0.15, 0.2) is 34.1 Å². The second-order valence-corrected chi connectivity index (χ2v) is 5.40. The highest BCUT2D eigenvalue weighted by Crippen LogP contribution is 2.35. The molecule has 12 heteroatoms. The lowest BCUT2D eigenvalue weighted by atomic mass is 10.2. The lowest BCUT2D eigenvalue weighted by Crippen LogP contribution is -2.25. The molecule has 0 saturated heterocycles. The number of nitrogen functional groups attached to an aromatic ring is 1. The van der Waals surface area contributed by atoms with Crippen molar-refractivity contribution in [2.24, 2.45) is 0 Å². The van der Waals surface area contributed by atoms with Crippen LogP contribution in [-0.2, 0) is 12.7 Å². The molecule has 0 bridgehead atoms. The monoisotopic (exact) mass is 373 g/mol. The Bertz CT molecular complexity index is 803. The average molecular weight is 373 g/mol. The van der Waals surface area contributed by atoms with Gasteiger partial charge in [-0.3, -0.25) is 4.79 Å². The van der Waals surface area contributed by atoms with Crippen molar-refractivity contribution in [2.45, 2.75) is 12.7 Å². The van der Waals surface area contributed by atoms with Gasteiger partial charge in [-0.25, -0.2) is 22.5 Å². The van der Waals surface area contributed by atoms with Crippen molar-refractivity contribution >= 4 is 22.4 Å². The van der Waals surface area contributed by atoms with Gasteiger partial charge in [0.25, 0.3) is 5.91 Å². The Morgan fingerprint density at radius 3 is 2.38 bits per heavy atom. The third kappa shape index (κ3) is 3.42. The molecule has 0 aliphatic rings. The molecule has 24 heavy (non-hydrogen) atoms. The third-order valence-electron chi connectivity index (χ3n) is 2.74. The van der Waals surface area contributed by atoms with E-state index in [0.29, 0.717) is 0 Å². The van der Waals surface area contributed by atoms with Gasteiger partial charge in [-0.1, -0.05) is 11.3 Å².